The number of anilines is 1. The molecule has 6 heteroatoms. The molecule has 0 fully saturated rings. The van der Waals surface area contributed by atoms with Gasteiger partial charge in [0.05, 0.1) is 0 Å². The summed E-state index contributed by atoms with van der Waals surface area (Å²) in [5.74, 6) is 0.398. The highest BCUT2D eigenvalue weighted by atomic mass is 32.1. The maximum atomic E-state index is 13.0. The SMILES string of the molecule is CCc1ccc2c(c1)c(C)c(C(=O)Nc1nnc(CC(C)C)s1)n2CC. The quantitative estimate of drug-likeness (QED) is 0.676. The molecule has 0 spiro atoms. The van der Waals surface area contributed by atoms with Gasteiger partial charge in [0.2, 0.25) is 5.13 Å². The minimum atomic E-state index is -0.120. The van der Waals surface area contributed by atoms with Crippen molar-refractivity contribution in [2.45, 2.75) is 54.0 Å². The maximum absolute atomic E-state index is 13.0. The first-order valence-corrected chi connectivity index (χ1v) is 10.0. The first-order chi connectivity index (χ1) is 12.4. The molecule has 2 heterocycles. The number of carbonyl (C=O) groups excluding carboxylic acids is 1. The third-order valence-corrected chi connectivity index (χ3v) is 5.45. The summed E-state index contributed by atoms with van der Waals surface area (Å²) in [4.78, 5) is 13.0. The summed E-state index contributed by atoms with van der Waals surface area (Å²) in [6, 6.07) is 6.45. The van der Waals surface area contributed by atoms with Gasteiger partial charge in [0, 0.05) is 23.9 Å². The number of fused-ring (bicyclic) bond motifs is 1. The number of nitrogens with one attached hydrogen (secondary N) is 1. The highest BCUT2D eigenvalue weighted by Gasteiger charge is 2.21. The van der Waals surface area contributed by atoms with Gasteiger partial charge in [-0.05, 0) is 49.4 Å². The monoisotopic (exact) mass is 370 g/mol. The number of nitrogens with zero attached hydrogens (tertiary/aromatic N) is 3. The molecule has 26 heavy (non-hydrogen) atoms. The Kier molecular flexibility index (Phi) is 5.41. The number of carbonyl (C=O) groups is 1. The minimum Gasteiger partial charge on any atom is -0.337 e. The molecule has 0 radical (unpaired) electrons. The van der Waals surface area contributed by atoms with Gasteiger partial charge < -0.3 is 4.57 Å². The summed E-state index contributed by atoms with van der Waals surface area (Å²) < 4.78 is 2.08. The molecule has 0 saturated heterocycles. The van der Waals surface area contributed by atoms with Crippen LogP contribution < -0.4 is 5.32 Å². The van der Waals surface area contributed by atoms with Gasteiger partial charge in [-0.2, -0.15) is 0 Å². The molecule has 0 aliphatic carbocycles. The molecule has 0 unspecified atom stereocenters. The lowest BCUT2D eigenvalue weighted by Crippen LogP contribution is -2.17. The predicted molar refractivity (Wildman–Crippen MR) is 108 cm³/mol. The van der Waals surface area contributed by atoms with Crippen LogP contribution in [0.5, 0.6) is 0 Å². The summed E-state index contributed by atoms with van der Waals surface area (Å²) >= 11 is 1.45. The first kappa shape index (κ1) is 18.6. The van der Waals surface area contributed by atoms with E-state index in [2.05, 4.69) is 66.0 Å². The van der Waals surface area contributed by atoms with E-state index in [0.717, 1.165) is 40.9 Å². The molecular weight excluding hydrogens is 344 g/mol. The Labute approximate surface area is 158 Å². The Balaban J connectivity index is 1.94. The van der Waals surface area contributed by atoms with Crippen LogP contribution in [0.2, 0.25) is 0 Å². The average molecular weight is 371 g/mol. The van der Waals surface area contributed by atoms with E-state index in [4.69, 9.17) is 0 Å². The molecular formula is C20H26N4OS. The number of rotatable bonds is 6. The number of hydrogen-bond acceptors (Lipinski definition) is 4. The van der Waals surface area contributed by atoms with Crippen LogP contribution in [0.15, 0.2) is 18.2 Å². The lowest BCUT2D eigenvalue weighted by atomic mass is 10.1. The zero-order valence-electron chi connectivity index (χ0n) is 16.1. The van der Waals surface area contributed by atoms with Crippen LogP contribution in [0.1, 0.15) is 54.3 Å². The summed E-state index contributed by atoms with van der Waals surface area (Å²) in [6.45, 7) is 11.3. The van der Waals surface area contributed by atoms with Gasteiger partial charge in [-0.3, -0.25) is 10.1 Å². The van der Waals surface area contributed by atoms with Crippen molar-refractivity contribution in [1.82, 2.24) is 14.8 Å². The van der Waals surface area contributed by atoms with Crippen LogP contribution in [0.4, 0.5) is 5.13 Å². The predicted octanol–water partition coefficient (Wildman–Crippen LogP) is 4.83. The summed E-state index contributed by atoms with van der Waals surface area (Å²) in [6.07, 6.45) is 1.86. The van der Waals surface area contributed by atoms with E-state index in [0.29, 0.717) is 16.7 Å². The lowest BCUT2D eigenvalue weighted by Gasteiger charge is -2.08. The molecule has 3 rings (SSSR count). The van der Waals surface area contributed by atoms with Gasteiger partial charge in [-0.25, -0.2) is 0 Å². The maximum Gasteiger partial charge on any atom is 0.274 e. The lowest BCUT2D eigenvalue weighted by molar-refractivity contribution is 0.101. The molecule has 5 nitrogen and oxygen atoms in total. The van der Waals surface area contributed by atoms with Gasteiger partial charge in [0.25, 0.3) is 5.91 Å². The van der Waals surface area contributed by atoms with Crippen molar-refractivity contribution in [3.8, 4) is 0 Å². The van der Waals surface area contributed by atoms with E-state index >= 15 is 0 Å². The zero-order chi connectivity index (χ0) is 18.8. The van der Waals surface area contributed by atoms with Gasteiger partial charge in [-0.1, -0.05) is 38.2 Å². The molecule has 1 aromatic carbocycles. The minimum absolute atomic E-state index is 0.120. The number of hydrogen-bond donors (Lipinski definition) is 1. The van der Waals surface area contributed by atoms with Crippen molar-refractivity contribution in [2.75, 3.05) is 5.32 Å². The standard InChI is InChI=1S/C20H26N4OS/c1-6-14-8-9-16-15(11-14)13(5)18(24(16)7-2)19(25)21-20-23-22-17(26-20)10-12(3)4/h8-9,11-12H,6-7,10H2,1-5H3,(H,21,23,25). The Morgan fingerprint density at radius 1 is 1.27 bits per heavy atom. The number of amides is 1. The van der Waals surface area contributed by atoms with Crippen molar-refractivity contribution in [3.05, 3.63) is 40.0 Å². The normalized spacial score (nSPS) is 11.5. The average Bonchev–Trinajstić information content (AvgIpc) is 3.15. The summed E-state index contributed by atoms with van der Waals surface area (Å²) in [5.41, 5.74) is 4.10. The van der Waals surface area contributed by atoms with Crippen LogP contribution in [0, 0.1) is 12.8 Å². The molecule has 0 aliphatic rings. The molecule has 0 saturated carbocycles. The van der Waals surface area contributed by atoms with Crippen LogP contribution in [0.25, 0.3) is 10.9 Å². The van der Waals surface area contributed by atoms with Crippen molar-refractivity contribution < 1.29 is 4.79 Å². The van der Waals surface area contributed by atoms with E-state index in [1.54, 1.807) is 0 Å². The highest BCUT2D eigenvalue weighted by molar-refractivity contribution is 7.15. The van der Waals surface area contributed by atoms with Crippen LogP contribution in [-0.4, -0.2) is 20.7 Å². The van der Waals surface area contributed by atoms with Gasteiger partial charge >= 0.3 is 0 Å². The van der Waals surface area contributed by atoms with Crippen molar-refractivity contribution in [3.63, 3.8) is 0 Å². The van der Waals surface area contributed by atoms with Gasteiger partial charge in [0.15, 0.2) is 0 Å². The first-order valence-electron chi connectivity index (χ1n) is 9.20. The zero-order valence-corrected chi connectivity index (χ0v) is 16.9. The van der Waals surface area contributed by atoms with Crippen LogP contribution in [-0.2, 0) is 19.4 Å². The van der Waals surface area contributed by atoms with Crippen molar-refractivity contribution in [1.29, 1.82) is 0 Å². The van der Waals surface area contributed by atoms with Gasteiger partial charge in [0.1, 0.15) is 10.7 Å². The second-order valence-corrected chi connectivity index (χ2v) is 8.04. The van der Waals surface area contributed by atoms with Crippen LogP contribution >= 0.6 is 11.3 Å². The molecule has 138 valence electrons. The Morgan fingerprint density at radius 3 is 2.69 bits per heavy atom. The molecule has 1 amide bonds. The Bertz CT molecular complexity index is 939. The third-order valence-electron chi connectivity index (χ3n) is 4.59. The Hall–Kier alpha value is -2.21. The number of aryl methyl sites for hydroxylation is 3. The van der Waals surface area contributed by atoms with Gasteiger partial charge in [-0.15, -0.1) is 10.2 Å². The molecule has 1 N–H and O–H groups in total. The van der Waals surface area contributed by atoms with E-state index in [-0.39, 0.29) is 5.91 Å². The fourth-order valence-corrected chi connectivity index (χ4v) is 4.25. The van der Waals surface area contributed by atoms with E-state index < -0.39 is 0 Å². The molecule has 0 bridgehead atoms. The third kappa shape index (κ3) is 3.51. The fraction of sp³-hybridized carbons (Fsp3) is 0.450. The number of aromatic nitrogens is 3. The summed E-state index contributed by atoms with van der Waals surface area (Å²) in [7, 11) is 0. The largest absolute Gasteiger partial charge is 0.337 e. The molecule has 0 aliphatic heterocycles. The molecule has 3 aromatic rings. The number of benzene rings is 1. The highest BCUT2D eigenvalue weighted by Crippen LogP contribution is 2.28. The summed E-state index contributed by atoms with van der Waals surface area (Å²) in [5, 5.41) is 13.9. The second-order valence-electron chi connectivity index (χ2n) is 6.98. The second kappa shape index (κ2) is 7.58. The van der Waals surface area contributed by atoms with E-state index in [1.807, 2.05) is 6.92 Å². The smallest absolute Gasteiger partial charge is 0.274 e. The van der Waals surface area contributed by atoms with E-state index in [9.17, 15) is 4.79 Å². The van der Waals surface area contributed by atoms with Crippen molar-refractivity contribution in [2.24, 2.45) is 5.92 Å². The Morgan fingerprint density at radius 2 is 2.04 bits per heavy atom. The van der Waals surface area contributed by atoms with E-state index in [1.165, 1.54) is 16.9 Å². The topological polar surface area (TPSA) is 59.8 Å². The van der Waals surface area contributed by atoms with Crippen LogP contribution in [0.3, 0.4) is 0 Å². The molecule has 0 atom stereocenters. The fourth-order valence-electron chi connectivity index (χ4n) is 3.30. The van der Waals surface area contributed by atoms with Crippen molar-refractivity contribution >= 4 is 33.3 Å². The molecule has 2 aromatic heterocycles.